The van der Waals surface area contributed by atoms with Gasteiger partial charge in [-0.05, 0) is 116 Å². The number of hydrogen-bond donors (Lipinski definition) is 0. The van der Waals surface area contributed by atoms with Gasteiger partial charge in [-0.1, -0.05) is 59.8 Å². The lowest BCUT2D eigenvalue weighted by molar-refractivity contribution is -0.0773. The molecule has 1 heteroatoms. The molecule has 0 radical (unpaired) electrons. The van der Waals surface area contributed by atoms with Crippen molar-refractivity contribution < 1.29 is 1.43 Å². The van der Waals surface area contributed by atoms with Crippen LogP contribution >= 0.6 is 0 Å². The lowest BCUT2D eigenvalue weighted by Crippen LogP contribution is -2.49. The molecule has 1 unspecified atom stereocenters. The maximum atomic E-state index is 4.15. The lowest BCUT2D eigenvalue weighted by atomic mass is 9.48. The van der Waals surface area contributed by atoms with Crippen LogP contribution < -0.4 is 0 Å². The second-order valence-corrected chi connectivity index (χ2v) is 12.7. The number of nitrogens with zero attached hydrogens (tertiary/aromatic N) is 1. The summed E-state index contributed by atoms with van der Waals surface area (Å²) in [5.74, 6) is 7.14. The molecular weight excluding hydrogens is 386 g/mol. The summed E-state index contributed by atoms with van der Waals surface area (Å²) >= 11 is 0. The number of aliphatic imine (C=N–C) groups is 1. The number of unbranched alkanes of at least 4 members (excludes halogenated alkanes) is 1. The summed E-state index contributed by atoms with van der Waals surface area (Å²) in [4.78, 5) is 4.04. The van der Waals surface area contributed by atoms with Crippen LogP contribution in [-0.2, 0) is 0 Å². The number of rotatable bonds is 6. The van der Waals surface area contributed by atoms with E-state index in [1.165, 1.54) is 51.4 Å². The molecule has 4 fully saturated rings. The van der Waals surface area contributed by atoms with Gasteiger partial charge in [0.15, 0.2) is 0 Å². The summed E-state index contributed by atoms with van der Waals surface area (Å²) in [6.07, 6.45) is 21.7. The Hall–Kier alpha value is -0.850. The fraction of sp³-hybridized carbons (Fsp3) is 0.839. The standard InChI is InChI=1S/C24H40.C7H13N.H2/c1-6-23(4)13-11-18-17(15-23)7-8-20-19(18)12-14-24(5)21(16(2)3)9-10-22(20)24;1-3-5-7-8-6-4-2;/h6,16-22H,1,7-15H2,2-5H3;4,6H,2-3,5,7H2,1H3;1H/t17-,18+,19?,20-,21-,22+,23-,24-;;/m1../s1. The van der Waals surface area contributed by atoms with Crippen molar-refractivity contribution in [1.82, 2.24) is 0 Å². The summed E-state index contributed by atoms with van der Waals surface area (Å²) in [6, 6.07) is 0. The van der Waals surface area contributed by atoms with Gasteiger partial charge in [0.2, 0.25) is 0 Å². The Kier molecular flexibility index (Phi) is 8.90. The molecule has 4 aliphatic carbocycles. The smallest absolute Gasteiger partial charge is 0.0389 e. The Labute approximate surface area is 202 Å². The van der Waals surface area contributed by atoms with Crippen LogP contribution in [0, 0.1) is 52.3 Å². The highest BCUT2D eigenvalue weighted by atomic mass is 14.7. The van der Waals surface area contributed by atoms with Crippen LogP contribution in [0.25, 0.3) is 0 Å². The largest absolute Gasteiger partial charge is 0.293 e. The van der Waals surface area contributed by atoms with Crippen LogP contribution in [0.4, 0.5) is 0 Å². The van der Waals surface area contributed by atoms with E-state index < -0.39 is 0 Å². The van der Waals surface area contributed by atoms with Gasteiger partial charge in [-0.15, -0.1) is 6.58 Å². The predicted octanol–water partition coefficient (Wildman–Crippen LogP) is 9.39. The molecular formula is C31H55N. The summed E-state index contributed by atoms with van der Waals surface area (Å²) < 4.78 is 0. The monoisotopic (exact) mass is 441 g/mol. The highest BCUT2D eigenvalue weighted by Crippen LogP contribution is 2.66. The summed E-state index contributed by atoms with van der Waals surface area (Å²) in [5.41, 5.74) is 1.11. The second-order valence-electron chi connectivity index (χ2n) is 12.7. The van der Waals surface area contributed by atoms with Crippen LogP contribution in [0.5, 0.6) is 0 Å². The topological polar surface area (TPSA) is 12.4 Å². The highest BCUT2D eigenvalue weighted by molar-refractivity contribution is 5.69. The summed E-state index contributed by atoms with van der Waals surface area (Å²) in [6.45, 7) is 20.9. The van der Waals surface area contributed by atoms with Crippen molar-refractivity contribution in [2.24, 2.45) is 57.2 Å². The van der Waals surface area contributed by atoms with Gasteiger partial charge in [-0.25, -0.2) is 0 Å². The molecule has 0 aromatic carbocycles. The molecule has 0 aromatic heterocycles. The quantitative estimate of drug-likeness (QED) is 0.221. The molecule has 0 bridgehead atoms. The summed E-state index contributed by atoms with van der Waals surface area (Å²) in [7, 11) is 0. The van der Waals surface area contributed by atoms with E-state index in [9.17, 15) is 0 Å². The summed E-state index contributed by atoms with van der Waals surface area (Å²) in [5, 5.41) is 0. The Morgan fingerprint density at radius 3 is 2.38 bits per heavy atom. The third kappa shape index (κ3) is 5.28. The first-order chi connectivity index (χ1) is 15.3. The maximum Gasteiger partial charge on any atom is 0.0389 e. The van der Waals surface area contributed by atoms with E-state index in [0.29, 0.717) is 10.8 Å². The Morgan fingerprint density at radius 1 is 0.969 bits per heavy atom. The van der Waals surface area contributed by atoms with Crippen molar-refractivity contribution >= 4 is 6.21 Å². The van der Waals surface area contributed by atoms with Crippen LogP contribution in [0.2, 0.25) is 0 Å². The normalized spacial score (nSPS) is 43.1. The third-order valence-electron chi connectivity index (χ3n) is 10.5. The molecule has 0 heterocycles. The minimum atomic E-state index is 0. The Balaban J connectivity index is 0.000000372. The zero-order chi connectivity index (χ0) is 23.4. The van der Waals surface area contributed by atoms with E-state index >= 15 is 0 Å². The minimum Gasteiger partial charge on any atom is -0.293 e. The van der Waals surface area contributed by atoms with E-state index in [-0.39, 0.29) is 1.43 Å². The first kappa shape index (κ1) is 25.8. The SMILES string of the molecule is C=CC=NCCCC.C=C[C@]1(C)CC[C@@H]2C3CC[C@]4(C)[C@@H](C(C)C)CC[C@H]4[C@@H]3CC[C@@H]2C1.[HH]. The van der Waals surface area contributed by atoms with Crippen molar-refractivity contribution in [2.75, 3.05) is 6.54 Å². The maximum absolute atomic E-state index is 4.15. The molecule has 0 spiro atoms. The van der Waals surface area contributed by atoms with E-state index in [0.717, 1.165) is 48.0 Å². The van der Waals surface area contributed by atoms with E-state index in [4.69, 9.17) is 0 Å². The second kappa shape index (κ2) is 11.1. The minimum absolute atomic E-state index is 0. The Morgan fingerprint density at radius 2 is 1.72 bits per heavy atom. The van der Waals surface area contributed by atoms with Gasteiger partial charge in [-0.3, -0.25) is 4.99 Å². The van der Waals surface area contributed by atoms with Crippen LogP contribution in [0.3, 0.4) is 0 Å². The fourth-order valence-corrected chi connectivity index (χ4v) is 8.85. The number of allylic oxidation sites excluding steroid dienone is 2. The molecule has 0 saturated heterocycles. The number of hydrogen-bond acceptors (Lipinski definition) is 1. The molecule has 1 nitrogen and oxygen atoms in total. The van der Waals surface area contributed by atoms with Gasteiger partial charge in [0.05, 0.1) is 0 Å². The van der Waals surface area contributed by atoms with E-state index in [2.05, 4.69) is 58.8 Å². The van der Waals surface area contributed by atoms with Crippen molar-refractivity contribution in [1.29, 1.82) is 0 Å². The molecule has 0 aliphatic heterocycles. The van der Waals surface area contributed by atoms with Crippen LogP contribution in [-0.4, -0.2) is 12.8 Å². The van der Waals surface area contributed by atoms with Gasteiger partial charge >= 0.3 is 0 Å². The first-order valence-corrected chi connectivity index (χ1v) is 14.0. The molecule has 32 heavy (non-hydrogen) atoms. The van der Waals surface area contributed by atoms with Crippen molar-refractivity contribution in [3.05, 3.63) is 25.3 Å². The predicted molar refractivity (Wildman–Crippen MR) is 144 cm³/mol. The lowest BCUT2D eigenvalue weighted by Gasteiger charge is -2.57. The fourth-order valence-electron chi connectivity index (χ4n) is 8.85. The van der Waals surface area contributed by atoms with Gasteiger partial charge in [0.1, 0.15) is 0 Å². The average Bonchev–Trinajstić information content (AvgIpc) is 3.14. The van der Waals surface area contributed by atoms with E-state index in [1.807, 2.05) is 0 Å². The molecule has 0 amide bonds. The van der Waals surface area contributed by atoms with Gasteiger partial charge in [0, 0.05) is 14.2 Å². The molecule has 4 saturated carbocycles. The van der Waals surface area contributed by atoms with Crippen LogP contribution in [0.15, 0.2) is 30.3 Å². The average molecular weight is 442 g/mol. The van der Waals surface area contributed by atoms with Gasteiger partial charge < -0.3 is 0 Å². The van der Waals surface area contributed by atoms with Crippen molar-refractivity contribution in [2.45, 2.75) is 105 Å². The van der Waals surface area contributed by atoms with Crippen molar-refractivity contribution in [3.63, 3.8) is 0 Å². The zero-order valence-corrected chi connectivity index (χ0v) is 22.1. The van der Waals surface area contributed by atoms with Crippen LogP contribution in [0.1, 0.15) is 107 Å². The van der Waals surface area contributed by atoms with E-state index in [1.54, 1.807) is 31.6 Å². The zero-order valence-electron chi connectivity index (χ0n) is 22.1. The highest BCUT2D eigenvalue weighted by Gasteiger charge is 2.57. The Bertz CT molecular complexity index is 653. The van der Waals surface area contributed by atoms with Gasteiger partial charge in [-0.2, -0.15) is 0 Å². The molecule has 0 aromatic rings. The van der Waals surface area contributed by atoms with Gasteiger partial charge in [0.25, 0.3) is 0 Å². The number of fused-ring (bicyclic) bond motifs is 5. The molecule has 4 aliphatic rings. The third-order valence-corrected chi connectivity index (χ3v) is 10.5. The molecule has 4 rings (SSSR count). The first-order valence-electron chi connectivity index (χ1n) is 14.0. The molecule has 0 N–H and O–H groups in total. The molecule has 8 atom stereocenters. The van der Waals surface area contributed by atoms with Crippen molar-refractivity contribution in [3.8, 4) is 0 Å². The molecule has 184 valence electrons.